The number of para-hydroxylation sites is 2. The van der Waals surface area contributed by atoms with Crippen LogP contribution in [0.1, 0.15) is 10.4 Å². The zero-order valence-electron chi connectivity index (χ0n) is 10.2. The summed E-state index contributed by atoms with van der Waals surface area (Å²) in [5.41, 5.74) is 0.819. The van der Waals surface area contributed by atoms with Crippen LogP contribution >= 0.6 is 0 Å². The Bertz CT molecular complexity index is 846. The van der Waals surface area contributed by atoms with Crippen LogP contribution in [0, 0.1) is 0 Å². The number of benzene rings is 2. The van der Waals surface area contributed by atoms with Crippen LogP contribution in [0.4, 0.5) is 0 Å². The summed E-state index contributed by atoms with van der Waals surface area (Å²) in [6, 6.07) is 11.8. The monoisotopic (exact) mass is 254 g/mol. The van der Waals surface area contributed by atoms with Crippen molar-refractivity contribution in [3.8, 4) is 0 Å². The lowest BCUT2D eigenvalue weighted by Gasteiger charge is -2.05. The Morgan fingerprint density at radius 2 is 1.79 bits per heavy atom. The van der Waals surface area contributed by atoms with Gasteiger partial charge in [-0.3, -0.25) is 4.79 Å². The standard InChI is InChI=1S/C15H10O4/c1-18-15(17)11-7-4-6-10-13(16)9-5-2-3-8-12(9)19-14(10)11/h2-8H,1H3. The predicted molar refractivity (Wildman–Crippen MR) is 71.3 cm³/mol. The van der Waals surface area contributed by atoms with Gasteiger partial charge in [-0.05, 0) is 24.3 Å². The molecule has 1 heterocycles. The van der Waals surface area contributed by atoms with Gasteiger partial charge in [0.25, 0.3) is 0 Å². The van der Waals surface area contributed by atoms with Crippen molar-refractivity contribution in [2.45, 2.75) is 0 Å². The van der Waals surface area contributed by atoms with Crippen LogP contribution in [0.5, 0.6) is 0 Å². The first-order chi connectivity index (χ1) is 9.22. The van der Waals surface area contributed by atoms with Crippen molar-refractivity contribution in [1.82, 2.24) is 0 Å². The SMILES string of the molecule is COC(=O)c1cccc2c(=O)c3ccccc3oc12. The third-order valence-corrected chi connectivity index (χ3v) is 3.01. The number of esters is 1. The van der Waals surface area contributed by atoms with E-state index in [9.17, 15) is 9.59 Å². The average molecular weight is 254 g/mol. The summed E-state index contributed by atoms with van der Waals surface area (Å²) in [4.78, 5) is 24.0. The summed E-state index contributed by atoms with van der Waals surface area (Å²) in [5.74, 6) is -0.524. The van der Waals surface area contributed by atoms with Crippen molar-refractivity contribution in [2.24, 2.45) is 0 Å². The molecule has 0 aliphatic carbocycles. The van der Waals surface area contributed by atoms with E-state index in [1.54, 1.807) is 42.5 Å². The van der Waals surface area contributed by atoms with E-state index in [0.29, 0.717) is 16.4 Å². The summed E-state index contributed by atoms with van der Waals surface area (Å²) >= 11 is 0. The number of fused-ring (bicyclic) bond motifs is 2. The third-order valence-electron chi connectivity index (χ3n) is 3.01. The summed E-state index contributed by atoms with van der Waals surface area (Å²) in [6.07, 6.45) is 0. The Hall–Kier alpha value is -2.62. The van der Waals surface area contributed by atoms with E-state index in [-0.39, 0.29) is 16.6 Å². The van der Waals surface area contributed by atoms with Gasteiger partial charge in [0.05, 0.1) is 17.9 Å². The second kappa shape index (κ2) is 4.24. The van der Waals surface area contributed by atoms with Crippen LogP contribution in [-0.2, 0) is 4.74 Å². The molecule has 0 N–H and O–H groups in total. The normalized spacial score (nSPS) is 10.8. The molecule has 0 bridgehead atoms. The molecule has 0 amide bonds. The van der Waals surface area contributed by atoms with Crippen LogP contribution in [0.15, 0.2) is 51.7 Å². The summed E-state index contributed by atoms with van der Waals surface area (Å²) in [6.45, 7) is 0. The number of hydrogen-bond acceptors (Lipinski definition) is 4. The minimum atomic E-state index is -0.524. The Morgan fingerprint density at radius 3 is 2.58 bits per heavy atom. The maximum Gasteiger partial charge on any atom is 0.341 e. The van der Waals surface area contributed by atoms with E-state index >= 15 is 0 Å². The average Bonchev–Trinajstić information content (AvgIpc) is 2.46. The molecule has 0 fully saturated rings. The first-order valence-corrected chi connectivity index (χ1v) is 5.75. The van der Waals surface area contributed by atoms with Crippen LogP contribution < -0.4 is 5.43 Å². The van der Waals surface area contributed by atoms with Crippen LogP contribution in [-0.4, -0.2) is 13.1 Å². The van der Waals surface area contributed by atoms with Crippen molar-refractivity contribution in [1.29, 1.82) is 0 Å². The number of hydrogen-bond donors (Lipinski definition) is 0. The van der Waals surface area contributed by atoms with Gasteiger partial charge in [0.2, 0.25) is 5.43 Å². The molecule has 94 valence electrons. The van der Waals surface area contributed by atoms with Crippen molar-refractivity contribution < 1.29 is 13.9 Å². The largest absolute Gasteiger partial charge is 0.465 e. The van der Waals surface area contributed by atoms with Gasteiger partial charge in [-0.15, -0.1) is 0 Å². The van der Waals surface area contributed by atoms with Gasteiger partial charge in [-0.2, -0.15) is 0 Å². The third kappa shape index (κ3) is 1.69. The van der Waals surface area contributed by atoms with Crippen LogP contribution in [0.25, 0.3) is 21.9 Å². The fraction of sp³-hybridized carbons (Fsp3) is 0.0667. The summed E-state index contributed by atoms with van der Waals surface area (Å²) in [7, 11) is 1.29. The Balaban J connectivity index is 2.51. The number of rotatable bonds is 1. The molecule has 2 aromatic carbocycles. The van der Waals surface area contributed by atoms with Crippen molar-refractivity contribution >= 4 is 27.9 Å². The molecular formula is C15H10O4. The Kier molecular flexibility index (Phi) is 2.56. The molecule has 0 radical (unpaired) electrons. The fourth-order valence-corrected chi connectivity index (χ4v) is 2.09. The molecule has 4 nitrogen and oxygen atoms in total. The zero-order valence-corrected chi connectivity index (χ0v) is 10.2. The van der Waals surface area contributed by atoms with Gasteiger partial charge in [0.1, 0.15) is 11.1 Å². The molecule has 1 aromatic heterocycles. The molecule has 0 saturated heterocycles. The predicted octanol–water partition coefficient (Wildman–Crippen LogP) is 2.73. The van der Waals surface area contributed by atoms with E-state index < -0.39 is 5.97 Å². The minimum Gasteiger partial charge on any atom is -0.465 e. The molecule has 0 unspecified atom stereocenters. The molecule has 0 aliphatic heterocycles. The maximum absolute atomic E-state index is 12.3. The summed E-state index contributed by atoms with van der Waals surface area (Å²) < 4.78 is 10.4. The van der Waals surface area contributed by atoms with Gasteiger partial charge >= 0.3 is 5.97 Å². The van der Waals surface area contributed by atoms with Crippen molar-refractivity contribution in [3.05, 3.63) is 58.3 Å². The summed E-state index contributed by atoms with van der Waals surface area (Å²) in [5, 5.41) is 0.874. The number of ether oxygens (including phenoxy) is 1. The molecule has 0 aliphatic rings. The van der Waals surface area contributed by atoms with Crippen LogP contribution in [0.3, 0.4) is 0 Å². The second-order valence-corrected chi connectivity index (χ2v) is 4.10. The van der Waals surface area contributed by atoms with E-state index in [1.807, 2.05) is 0 Å². The fourth-order valence-electron chi connectivity index (χ4n) is 2.09. The molecule has 0 spiro atoms. The van der Waals surface area contributed by atoms with E-state index in [2.05, 4.69) is 0 Å². The Morgan fingerprint density at radius 1 is 1.05 bits per heavy atom. The highest BCUT2D eigenvalue weighted by molar-refractivity contribution is 6.03. The molecule has 0 saturated carbocycles. The van der Waals surface area contributed by atoms with Gasteiger partial charge in [-0.1, -0.05) is 18.2 Å². The lowest BCUT2D eigenvalue weighted by Crippen LogP contribution is -2.07. The maximum atomic E-state index is 12.3. The lowest BCUT2D eigenvalue weighted by atomic mass is 10.1. The highest BCUT2D eigenvalue weighted by Gasteiger charge is 2.15. The Labute approximate surface area is 108 Å². The second-order valence-electron chi connectivity index (χ2n) is 4.10. The van der Waals surface area contributed by atoms with Gasteiger partial charge in [0.15, 0.2) is 5.58 Å². The highest BCUT2D eigenvalue weighted by atomic mass is 16.5. The lowest BCUT2D eigenvalue weighted by molar-refractivity contribution is 0.0602. The minimum absolute atomic E-state index is 0.150. The highest BCUT2D eigenvalue weighted by Crippen LogP contribution is 2.22. The smallest absolute Gasteiger partial charge is 0.341 e. The van der Waals surface area contributed by atoms with Gasteiger partial charge in [0, 0.05) is 0 Å². The van der Waals surface area contributed by atoms with Gasteiger partial charge in [-0.25, -0.2) is 4.79 Å². The van der Waals surface area contributed by atoms with Crippen molar-refractivity contribution in [2.75, 3.05) is 7.11 Å². The van der Waals surface area contributed by atoms with Gasteiger partial charge < -0.3 is 9.15 Å². The van der Waals surface area contributed by atoms with E-state index in [1.165, 1.54) is 7.11 Å². The molecule has 3 rings (SSSR count). The van der Waals surface area contributed by atoms with E-state index in [4.69, 9.17) is 9.15 Å². The molecule has 3 aromatic rings. The quantitative estimate of drug-likeness (QED) is 0.495. The first kappa shape index (κ1) is 11.5. The molecule has 4 heteroatoms. The van der Waals surface area contributed by atoms with Crippen molar-refractivity contribution in [3.63, 3.8) is 0 Å². The number of carbonyl (C=O) groups excluding carboxylic acids is 1. The zero-order chi connectivity index (χ0) is 13.4. The number of carbonyl (C=O) groups is 1. The number of methoxy groups -OCH3 is 1. The molecule has 0 atom stereocenters. The first-order valence-electron chi connectivity index (χ1n) is 5.75. The van der Waals surface area contributed by atoms with E-state index in [0.717, 1.165) is 0 Å². The topological polar surface area (TPSA) is 56.5 Å². The van der Waals surface area contributed by atoms with Crippen LogP contribution in [0.2, 0.25) is 0 Å². The molecule has 19 heavy (non-hydrogen) atoms. The molecular weight excluding hydrogens is 244 g/mol.